The lowest BCUT2D eigenvalue weighted by atomic mass is 9.82. The summed E-state index contributed by atoms with van der Waals surface area (Å²) in [4.78, 5) is 19.9. The van der Waals surface area contributed by atoms with Crippen LogP contribution >= 0.6 is 11.3 Å². The van der Waals surface area contributed by atoms with Gasteiger partial charge in [0.05, 0.1) is 27.2 Å². The highest BCUT2D eigenvalue weighted by Gasteiger charge is 2.36. The molecule has 1 saturated heterocycles. The zero-order valence-electron chi connectivity index (χ0n) is 14.1. The first-order valence-electron chi connectivity index (χ1n) is 8.95. The molecule has 1 aromatic carbocycles. The fourth-order valence-electron chi connectivity index (χ4n) is 3.87. The van der Waals surface area contributed by atoms with Gasteiger partial charge in [0, 0.05) is 24.9 Å². The van der Waals surface area contributed by atoms with Crippen LogP contribution < -0.4 is 0 Å². The number of fused-ring (bicyclic) bond motifs is 1. The van der Waals surface area contributed by atoms with Gasteiger partial charge in [-0.25, -0.2) is 4.98 Å². The normalized spacial score (nSPS) is 24.4. The fourth-order valence-corrected chi connectivity index (χ4v) is 5.02. The number of carbonyl (C=O) groups is 1. The zero-order chi connectivity index (χ0) is 17.2. The SMILES string of the molecule is N#CC1CCN(C(=O)C2CC=CCC2c2nc3ccccc3s2)CC1. The number of aromatic nitrogens is 1. The molecule has 4 nitrogen and oxygen atoms in total. The highest BCUT2D eigenvalue weighted by molar-refractivity contribution is 7.18. The van der Waals surface area contributed by atoms with Gasteiger partial charge >= 0.3 is 0 Å². The minimum atomic E-state index is -0.0239. The van der Waals surface area contributed by atoms with Gasteiger partial charge < -0.3 is 4.90 Å². The van der Waals surface area contributed by atoms with Crippen molar-refractivity contribution in [3.8, 4) is 6.07 Å². The predicted octanol–water partition coefficient (Wildman–Crippen LogP) is 4.11. The zero-order valence-corrected chi connectivity index (χ0v) is 14.9. The van der Waals surface area contributed by atoms with E-state index in [4.69, 9.17) is 10.2 Å². The van der Waals surface area contributed by atoms with E-state index >= 15 is 0 Å². The summed E-state index contributed by atoms with van der Waals surface area (Å²) >= 11 is 1.72. The van der Waals surface area contributed by atoms with Crippen LogP contribution in [0.3, 0.4) is 0 Å². The molecular formula is C20H21N3OS. The summed E-state index contributed by atoms with van der Waals surface area (Å²) in [5, 5.41) is 10.1. The number of benzene rings is 1. The number of para-hydroxylation sites is 1. The van der Waals surface area contributed by atoms with Crippen LogP contribution in [-0.4, -0.2) is 28.9 Å². The Morgan fingerprint density at radius 1 is 1.20 bits per heavy atom. The second-order valence-corrected chi connectivity index (χ2v) is 7.97. The number of amides is 1. The molecule has 128 valence electrons. The van der Waals surface area contributed by atoms with Crippen LogP contribution in [-0.2, 0) is 4.79 Å². The van der Waals surface area contributed by atoms with Crippen molar-refractivity contribution in [3.05, 3.63) is 41.4 Å². The summed E-state index contributed by atoms with van der Waals surface area (Å²) in [5.41, 5.74) is 1.03. The lowest BCUT2D eigenvalue weighted by Gasteiger charge is -2.35. The molecule has 2 aliphatic rings. The fraction of sp³-hybridized carbons (Fsp3) is 0.450. The molecule has 0 radical (unpaired) electrons. The molecule has 2 atom stereocenters. The molecule has 1 aromatic heterocycles. The summed E-state index contributed by atoms with van der Waals surface area (Å²) in [6, 6.07) is 10.5. The molecule has 1 fully saturated rings. The molecule has 2 heterocycles. The average molecular weight is 351 g/mol. The minimum absolute atomic E-state index is 0.0239. The van der Waals surface area contributed by atoms with Gasteiger partial charge in [-0.2, -0.15) is 5.26 Å². The maximum Gasteiger partial charge on any atom is 0.226 e. The molecule has 0 N–H and O–H groups in total. The van der Waals surface area contributed by atoms with E-state index in [1.807, 2.05) is 23.1 Å². The van der Waals surface area contributed by atoms with E-state index in [1.165, 1.54) is 4.70 Å². The van der Waals surface area contributed by atoms with E-state index < -0.39 is 0 Å². The minimum Gasteiger partial charge on any atom is -0.342 e. The molecule has 1 aliphatic heterocycles. The van der Waals surface area contributed by atoms with Gasteiger partial charge in [-0.3, -0.25) is 4.79 Å². The molecule has 25 heavy (non-hydrogen) atoms. The van der Waals surface area contributed by atoms with Crippen LogP contribution in [0.25, 0.3) is 10.2 Å². The number of carbonyl (C=O) groups excluding carboxylic acids is 1. The number of rotatable bonds is 2. The lowest BCUT2D eigenvalue weighted by molar-refractivity contribution is -0.137. The molecule has 2 unspecified atom stereocenters. The third kappa shape index (κ3) is 3.19. The molecule has 0 bridgehead atoms. The Labute approximate surface area is 151 Å². The maximum absolute atomic E-state index is 13.1. The molecule has 0 saturated carbocycles. The Kier molecular flexibility index (Phi) is 4.54. The van der Waals surface area contributed by atoms with Crippen molar-refractivity contribution in [2.75, 3.05) is 13.1 Å². The van der Waals surface area contributed by atoms with Crippen LogP contribution in [0.4, 0.5) is 0 Å². The van der Waals surface area contributed by atoms with E-state index in [-0.39, 0.29) is 23.7 Å². The van der Waals surface area contributed by atoms with Crippen molar-refractivity contribution in [1.29, 1.82) is 5.26 Å². The van der Waals surface area contributed by atoms with Crippen molar-refractivity contribution in [2.45, 2.75) is 31.6 Å². The number of piperidine rings is 1. The Morgan fingerprint density at radius 2 is 1.96 bits per heavy atom. The summed E-state index contributed by atoms with van der Waals surface area (Å²) in [6.45, 7) is 1.42. The summed E-state index contributed by atoms with van der Waals surface area (Å²) in [7, 11) is 0. The third-order valence-corrected chi connectivity index (χ3v) is 6.53. The number of allylic oxidation sites excluding steroid dienone is 2. The number of nitriles is 1. The van der Waals surface area contributed by atoms with Crippen molar-refractivity contribution in [2.24, 2.45) is 11.8 Å². The number of thiazole rings is 1. The van der Waals surface area contributed by atoms with Crippen LogP contribution in [0, 0.1) is 23.2 Å². The predicted molar refractivity (Wildman–Crippen MR) is 99.1 cm³/mol. The number of likely N-dealkylation sites (tertiary alicyclic amines) is 1. The van der Waals surface area contributed by atoms with Crippen molar-refractivity contribution < 1.29 is 4.79 Å². The summed E-state index contributed by atoms with van der Waals surface area (Å²) in [5.74, 6) is 0.494. The smallest absolute Gasteiger partial charge is 0.226 e. The molecule has 5 heteroatoms. The first-order valence-corrected chi connectivity index (χ1v) is 9.77. The van der Waals surface area contributed by atoms with Crippen LogP contribution in [0.1, 0.15) is 36.6 Å². The first kappa shape index (κ1) is 16.3. The third-order valence-electron chi connectivity index (χ3n) is 5.37. The number of hydrogen-bond acceptors (Lipinski definition) is 4. The van der Waals surface area contributed by atoms with E-state index in [9.17, 15) is 4.79 Å². The Bertz CT molecular complexity index is 809. The van der Waals surface area contributed by atoms with Gasteiger partial charge in [0.2, 0.25) is 5.91 Å². The second-order valence-electron chi connectivity index (χ2n) is 6.90. The van der Waals surface area contributed by atoms with Gasteiger partial charge in [0.1, 0.15) is 0 Å². The van der Waals surface area contributed by atoms with E-state index in [0.29, 0.717) is 13.1 Å². The second kappa shape index (κ2) is 6.97. The standard InChI is InChI=1S/C20H21N3OS/c21-13-14-9-11-23(12-10-14)20(24)16-6-2-1-5-15(16)19-22-17-7-3-4-8-18(17)25-19/h1-4,7-8,14-16H,5-6,9-12H2. The number of nitrogens with zero attached hydrogens (tertiary/aromatic N) is 3. The summed E-state index contributed by atoms with van der Waals surface area (Å²) < 4.78 is 1.19. The molecular weight excluding hydrogens is 330 g/mol. The van der Waals surface area contributed by atoms with Crippen molar-refractivity contribution >= 4 is 27.5 Å². The molecule has 1 amide bonds. The molecule has 1 aliphatic carbocycles. The quantitative estimate of drug-likeness (QED) is 0.765. The van der Waals surface area contributed by atoms with Crippen molar-refractivity contribution in [1.82, 2.24) is 9.88 Å². The van der Waals surface area contributed by atoms with Crippen LogP contribution in [0.5, 0.6) is 0 Å². The van der Waals surface area contributed by atoms with Crippen LogP contribution in [0.15, 0.2) is 36.4 Å². The largest absolute Gasteiger partial charge is 0.342 e. The van der Waals surface area contributed by atoms with Crippen molar-refractivity contribution in [3.63, 3.8) is 0 Å². The summed E-state index contributed by atoms with van der Waals surface area (Å²) in [6.07, 6.45) is 7.59. The Balaban J connectivity index is 1.56. The number of hydrogen-bond donors (Lipinski definition) is 0. The highest BCUT2D eigenvalue weighted by atomic mass is 32.1. The molecule has 2 aromatic rings. The Morgan fingerprint density at radius 3 is 2.72 bits per heavy atom. The van der Waals surface area contributed by atoms with Gasteiger partial charge in [0.15, 0.2) is 0 Å². The molecule has 4 rings (SSSR count). The van der Waals surface area contributed by atoms with E-state index in [0.717, 1.165) is 36.2 Å². The monoisotopic (exact) mass is 351 g/mol. The lowest BCUT2D eigenvalue weighted by Crippen LogP contribution is -2.43. The van der Waals surface area contributed by atoms with Gasteiger partial charge in [-0.1, -0.05) is 24.3 Å². The topological polar surface area (TPSA) is 57.0 Å². The van der Waals surface area contributed by atoms with E-state index in [1.54, 1.807) is 11.3 Å². The van der Waals surface area contributed by atoms with Gasteiger partial charge in [-0.15, -0.1) is 11.3 Å². The van der Waals surface area contributed by atoms with Gasteiger partial charge in [-0.05, 0) is 37.8 Å². The maximum atomic E-state index is 13.1. The van der Waals surface area contributed by atoms with Gasteiger partial charge in [0.25, 0.3) is 0 Å². The average Bonchev–Trinajstić information content (AvgIpc) is 3.11. The molecule has 0 spiro atoms. The highest BCUT2D eigenvalue weighted by Crippen LogP contribution is 2.39. The van der Waals surface area contributed by atoms with Crippen LogP contribution in [0.2, 0.25) is 0 Å². The van der Waals surface area contributed by atoms with E-state index in [2.05, 4.69) is 24.3 Å². The Hall–Kier alpha value is -2.19. The first-order chi connectivity index (χ1) is 12.3.